The van der Waals surface area contributed by atoms with Gasteiger partial charge in [0.05, 0.1) is 6.54 Å². The number of fused-ring (bicyclic) bond motifs is 1. The number of nitrogens with one attached hydrogen (secondary N) is 1. The minimum absolute atomic E-state index is 0.0315. The van der Waals surface area contributed by atoms with Gasteiger partial charge in [-0.05, 0) is 6.07 Å². The van der Waals surface area contributed by atoms with Crippen LogP contribution in [0.4, 0.5) is 0 Å². The van der Waals surface area contributed by atoms with Gasteiger partial charge >= 0.3 is 0 Å². The molecule has 1 aromatic heterocycles. The van der Waals surface area contributed by atoms with Crippen molar-refractivity contribution in [2.75, 3.05) is 33.4 Å². The van der Waals surface area contributed by atoms with E-state index < -0.39 is 0 Å². The Labute approximate surface area is 146 Å². The summed E-state index contributed by atoms with van der Waals surface area (Å²) >= 11 is 0. The summed E-state index contributed by atoms with van der Waals surface area (Å²) in [6, 6.07) is 7.92. The van der Waals surface area contributed by atoms with Gasteiger partial charge in [0.25, 0.3) is 0 Å². The lowest BCUT2D eigenvalue weighted by atomic mass is 10.2. The minimum Gasteiger partial charge on any atom is -0.492 e. The van der Waals surface area contributed by atoms with Crippen molar-refractivity contribution >= 4 is 5.91 Å². The summed E-state index contributed by atoms with van der Waals surface area (Å²) in [5, 5.41) is 6.67. The van der Waals surface area contributed by atoms with Gasteiger partial charge in [-0.1, -0.05) is 23.4 Å². The highest BCUT2D eigenvalue weighted by Gasteiger charge is 2.17. The topological polar surface area (TPSA) is 89.7 Å². The number of carbonyl (C=O) groups is 1. The summed E-state index contributed by atoms with van der Waals surface area (Å²) in [4.78, 5) is 18.4. The molecule has 0 unspecified atom stereocenters. The summed E-state index contributed by atoms with van der Waals surface area (Å²) in [5.74, 6) is 1.86. The molecule has 25 heavy (non-hydrogen) atoms. The van der Waals surface area contributed by atoms with E-state index in [0.717, 1.165) is 11.3 Å². The predicted molar refractivity (Wildman–Crippen MR) is 88.9 cm³/mol. The summed E-state index contributed by atoms with van der Waals surface area (Å²) < 4.78 is 15.7. The fourth-order valence-corrected chi connectivity index (χ4v) is 2.66. The van der Waals surface area contributed by atoms with Crippen molar-refractivity contribution in [3.8, 4) is 5.75 Å². The van der Waals surface area contributed by atoms with Gasteiger partial charge in [0.2, 0.25) is 11.8 Å². The fraction of sp³-hybridized carbons (Fsp3) is 0.471. The van der Waals surface area contributed by atoms with Crippen molar-refractivity contribution in [3.63, 3.8) is 0 Å². The lowest BCUT2D eigenvalue weighted by molar-refractivity contribution is -0.122. The first kappa shape index (κ1) is 17.4. The molecule has 0 saturated carbocycles. The maximum absolute atomic E-state index is 12.2. The highest BCUT2D eigenvalue weighted by atomic mass is 16.5. The summed E-state index contributed by atoms with van der Waals surface area (Å²) in [6.45, 7) is 3.09. The Balaban J connectivity index is 1.43. The van der Waals surface area contributed by atoms with E-state index in [-0.39, 0.29) is 5.91 Å². The average Bonchev–Trinajstić information content (AvgIpc) is 2.94. The van der Waals surface area contributed by atoms with E-state index in [9.17, 15) is 4.79 Å². The molecule has 1 aliphatic rings. The SMILES string of the molecule is COCc1noc(CCNC(=O)CN2CCOc3ccccc3C2)n1. The maximum Gasteiger partial charge on any atom is 0.234 e. The molecule has 8 heteroatoms. The van der Waals surface area contributed by atoms with Crippen molar-refractivity contribution in [1.82, 2.24) is 20.4 Å². The normalized spacial score (nSPS) is 14.4. The first-order valence-electron chi connectivity index (χ1n) is 8.25. The van der Waals surface area contributed by atoms with Crippen molar-refractivity contribution in [1.29, 1.82) is 0 Å². The Morgan fingerprint density at radius 3 is 3.16 bits per heavy atom. The van der Waals surface area contributed by atoms with E-state index in [0.29, 0.717) is 57.5 Å². The lowest BCUT2D eigenvalue weighted by Crippen LogP contribution is -2.38. The second kappa shape index (κ2) is 8.59. The molecule has 8 nitrogen and oxygen atoms in total. The van der Waals surface area contributed by atoms with Gasteiger partial charge < -0.3 is 19.3 Å². The zero-order chi connectivity index (χ0) is 17.5. The van der Waals surface area contributed by atoms with Gasteiger partial charge in [-0.2, -0.15) is 4.98 Å². The van der Waals surface area contributed by atoms with E-state index in [2.05, 4.69) is 20.4 Å². The van der Waals surface area contributed by atoms with Crippen molar-refractivity contribution in [3.05, 3.63) is 41.5 Å². The van der Waals surface area contributed by atoms with Crippen LogP contribution in [0, 0.1) is 0 Å². The van der Waals surface area contributed by atoms with Crippen LogP contribution in [-0.4, -0.2) is 54.3 Å². The molecule has 1 amide bonds. The van der Waals surface area contributed by atoms with Crippen LogP contribution >= 0.6 is 0 Å². The van der Waals surface area contributed by atoms with Crippen LogP contribution in [0.1, 0.15) is 17.3 Å². The molecule has 1 aromatic carbocycles. The molecule has 134 valence electrons. The molecule has 0 spiro atoms. The van der Waals surface area contributed by atoms with Crippen LogP contribution in [0.25, 0.3) is 0 Å². The average molecular weight is 346 g/mol. The number of benzene rings is 1. The standard InChI is InChI=1S/C17H22N4O4/c1-23-12-15-19-17(25-20-15)6-7-18-16(22)11-21-8-9-24-14-5-3-2-4-13(14)10-21/h2-5H,6-12H2,1H3,(H,18,22). The van der Waals surface area contributed by atoms with E-state index in [1.165, 1.54) is 0 Å². The second-order valence-corrected chi connectivity index (χ2v) is 5.80. The Morgan fingerprint density at radius 1 is 1.40 bits per heavy atom. The van der Waals surface area contributed by atoms with Gasteiger partial charge in [-0.25, -0.2) is 0 Å². The summed E-state index contributed by atoms with van der Waals surface area (Å²) in [7, 11) is 1.57. The third kappa shape index (κ3) is 5.01. The van der Waals surface area contributed by atoms with Crippen LogP contribution in [-0.2, 0) is 29.1 Å². The van der Waals surface area contributed by atoms with Gasteiger partial charge in [0.15, 0.2) is 5.82 Å². The second-order valence-electron chi connectivity index (χ2n) is 5.80. The molecule has 0 saturated heterocycles. The molecular formula is C17H22N4O4. The summed E-state index contributed by atoms with van der Waals surface area (Å²) in [6.07, 6.45) is 0.494. The molecule has 0 aliphatic carbocycles. The molecule has 0 radical (unpaired) electrons. The smallest absolute Gasteiger partial charge is 0.234 e. The van der Waals surface area contributed by atoms with Crippen LogP contribution in [0.3, 0.4) is 0 Å². The third-order valence-electron chi connectivity index (χ3n) is 3.84. The molecular weight excluding hydrogens is 324 g/mol. The minimum atomic E-state index is -0.0315. The van der Waals surface area contributed by atoms with E-state index in [1.807, 2.05) is 24.3 Å². The molecule has 2 aromatic rings. The third-order valence-corrected chi connectivity index (χ3v) is 3.84. The van der Waals surface area contributed by atoms with Crippen LogP contribution in [0.2, 0.25) is 0 Å². The molecule has 0 bridgehead atoms. The Bertz CT molecular complexity index is 703. The van der Waals surface area contributed by atoms with E-state index in [4.69, 9.17) is 14.0 Å². The van der Waals surface area contributed by atoms with Gasteiger partial charge in [-0.15, -0.1) is 0 Å². The van der Waals surface area contributed by atoms with Crippen molar-refractivity contribution in [2.45, 2.75) is 19.6 Å². The van der Waals surface area contributed by atoms with Crippen LogP contribution in [0.15, 0.2) is 28.8 Å². The van der Waals surface area contributed by atoms with Gasteiger partial charge in [0, 0.05) is 38.7 Å². The number of amides is 1. The number of nitrogens with zero attached hydrogens (tertiary/aromatic N) is 3. The molecule has 0 fully saturated rings. The summed E-state index contributed by atoms with van der Waals surface area (Å²) in [5.41, 5.74) is 1.10. The Kier molecular flexibility index (Phi) is 5.97. The van der Waals surface area contributed by atoms with E-state index in [1.54, 1.807) is 7.11 Å². The van der Waals surface area contributed by atoms with Crippen LogP contribution in [0.5, 0.6) is 5.75 Å². The highest BCUT2D eigenvalue weighted by Crippen LogP contribution is 2.22. The maximum atomic E-state index is 12.2. The number of rotatable bonds is 7. The molecule has 3 rings (SSSR count). The number of methoxy groups -OCH3 is 1. The zero-order valence-corrected chi connectivity index (χ0v) is 14.2. The molecule has 1 aliphatic heterocycles. The molecule has 1 N–H and O–H groups in total. The number of carbonyl (C=O) groups excluding carboxylic acids is 1. The fourth-order valence-electron chi connectivity index (χ4n) is 2.66. The highest BCUT2D eigenvalue weighted by molar-refractivity contribution is 5.78. The first-order valence-corrected chi connectivity index (χ1v) is 8.25. The first-order chi connectivity index (χ1) is 12.2. The zero-order valence-electron chi connectivity index (χ0n) is 14.2. The lowest BCUT2D eigenvalue weighted by Gasteiger charge is -2.18. The van der Waals surface area contributed by atoms with E-state index >= 15 is 0 Å². The molecule has 2 heterocycles. The Hall–Kier alpha value is -2.45. The van der Waals surface area contributed by atoms with Crippen LogP contribution < -0.4 is 10.1 Å². The predicted octanol–water partition coefficient (Wildman–Crippen LogP) is 0.769. The van der Waals surface area contributed by atoms with Gasteiger partial charge in [0.1, 0.15) is 19.0 Å². The number of hydrogen-bond acceptors (Lipinski definition) is 7. The van der Waals surface area contributed by atoms with Crippen molar-refractivity contribution in [2.24, 2.45) is 0 Å². The van der Waals surface area contributed by atoms with Crippen molar-refractivity contribution < 1.29 is 18.8 Å². The van der Waals surface area contributed by atoms with Gasteiger partial charge in [-0.3, -0.25) is 9.69 Å². The number of aromatic nitrogens is 2. The number of hydrogen-bond donors (Lipinski definition) is 1. The largest absolute Gasteiger partial charge is 0.492 e. The number of ether oxygens (including phenoxy) is 2. The quantitative estimate of drug-likeness (QED) is 0.792. The number of para-hydroxylation sites is 1. The monoisotopic (exact) mass is 346 g/mol. The Morgan fingerprint density at radius 2 is 2.28 bits per heavy atom. The molecule has 0 atom stereocenters.